The van der Waals surface area contributed by atoms with Crippen molar-refractivity contribution < 1.29 is 14.7 Å². The minimum absolute atomic E-state index is 0. The van der Waals surface area contributed by atoms with Crippen molar-refractivity contribution in [2.75, 3.05) is 18.4 Å². The summed E-state index contributed by atoms with van der Waals surface area (Å²) in [6.07, 6.45) is 0.975. The van der Waals surface area contributed by atoms with E-state index in [1.54, 1.807) is 24.3 Å². The molecule has 36 heavy (non-hydrogen) atoms. The zero-order chi connectivity index (χ0) is 25.3. The Bertz CT molecular complexity index is 1350. The molecule has 0 radical (unpaired) electrons. The van der Waals surface area contributed by atoms with Crippen LogP contribution in [0.5, 0.6) is 0 Å². The van der Waals surface area contributed by atoms with E-state index in [1.807, 2.05) is 6.07 Å². The van der Waals surface area contributed by atoms with E-state index < -0.39 is 6.09 Å². The first-order chi connectivity index (χ1) is 16.6. The van der Waals surface area contributed by atoms with Crippen molar-refractivity contribution in [3.8, 4) is 17.2 Å². The zero-order valence-corrected chi connectivity index (χ0v) is 22.0. The number of carboxylic acid groups (broad SMARTS) is 1. The van der Waals surface area contributed by atoms with Gasteiger partial charge in [-0.05, 0) is 66.6 Å². The topological polar surface area (TPSA) is 120 Å². The number of piperidine rings is 1. The lowest BCUT2D eigenvalue weighted by molar-refractivity contribution is -0.120. The summed E-state index contributed by atoms with van der Waals surface area (Å²) in [5.41, 5.74) is 2.92. The Balaban J connectivity index is 0.00000361. The van der Waals surface area contributed by atoms with Gasteiger partial charge in [0.15, 0.2) is 5.82 Å². The first kappa shape index (κ1) is 27.5. The first-order valence-electron chi connectivity index (χ1n) is 11.6. The molecule has 0 saturated carbocycles. The van der Waals surface area contributed by atoms with E-state index in [0.29, 0.717) is 40.0 Å². The molecule has 10 heteroatoms. The van der Waals surface area contributed by atoms with Gasteiger partial charge in [-0.15, -0.1) is 17.5 Å². The van der Waals surface area contributed by atoms with Crippen LogP contribution in [0.1, 0.15) is 44.7 Å². The average molecular weight is 530 g/mol. The number of amides is 1. The Morgan fingerprint density at radius 2 is 2.03 bits per heavy atom. The van der Waals surface area contributed by atoms with Gasteiger partial charge in [-0.1, -0.05) is 38.4 Å². The van der Waals surface area contributed by atoms with Crippen molar-refractivity contribution in [1.29, 1.82) is 5.26 Å². The molecule has 2 aromatic carbocycles. The van der Waals surface area contributed by atoms with Crippen LogP contribution in [-0.2, 0) is 11.2 Å². The number of nitrogens with zero attached hydrogens (tertiary/aromatic N) is 3. The van der Waals surface area contributed by atoms with Crippen LogP contribution in [0.25, 0.3) is 22.0 Å². The third kappa shape index (κ3) is 5.65. The molecule has 0 spiro atoms. The van der Waals surface area contributed by atoms with E-state index in [1.165, 1.54) is 0 Å². The maximum absolute atomic E-state index is 13.1. The number of benzene rings is 2. The van der Waals surface area contributed by atoms with Gasteiger partial charge in [0.2, 0.25) is 5.91 Å². The summed E-state index contributed by atoms with van der Waals surface area (Å²) in [6.45, 7) is 7.69. The summed E-state index contributed by atoms with van der Waals surface area (Å²) in [6, 6.07) is 10.7. The standard InChI is InChI=1S/C26H28ClN5O3.ClH/c1-26(2,3)12-19-17(18-11-15(13-28)6-8-20(18)27)7-9-21-22(19)23(31-32(21)25(34)35)30-24(33)16-5-4-10-29-14-16;/h6-9,11,16,29H,4-5,10,12,14H2,1-3H3,(H,34,35)(H,30,31,33);1H/t16-;/m1./s1. The summed E-state index contributed by atoms with van der Waals surface area (Å²) in [7, 11) is 0. The predicted octanol–water partition coefficient (Wildman–Crippen LogP) is 5.70. The van der Waals surface area contributed by atoms with Crippen molar-refractivity contribution >= 4 is 52.7 Å². The number of aromatic nitrogens is 2. The van der Waals surface area contributed by atoms with E-state index in [-0.39, 0.29) is 35.5 Å². The second-order valence-electron chi connectivity index (χ2n) is 10.1. The average Bonchev–Trinajstić information content (AvgIpc) is 3.18. The molecule has 0 bridgehead atoms. The lowest BCUT2D eigenvalue weighted by Gasteiger charge is -2.23. The summed E-state index contributed by atoms with van der Waals surface area (Å²) in [5.74, 6) is -0.192. The van der Waals surface area contributed by atoms with Crippen molar-refractivity contribution in [3.63, 3.8) is 0 Å². The fourth-order valence-corrected chi connectivity index (χ4v) is 4.79. The minimum atomic E-state index is -1.24. The third-order valence-corrected chi connectivity index (χ3v) is 6.47. The molecule has 1 amide bonds. The van der Waals surface area contributed by atoms with Gasteiger partial charge in [0.05, 0.1) is 23.1 Å². The number of nitriles is 1. The Hall–Kier alpha value is -3.12. The van der Waals surface area contributed by atoms with E-state index in [4.69, 9.17) is 11.6 Å². The molecule has 1 aliphatic heterocycles. The molecule has 0 unspecified atom stereocenters. The number of carbonyl (C=O) groups excluding carboxylic acids is 1. The largest absolute Gasteiger partial charge is 0.463 e. The van der Waals surface area contributed by atoms with Crippen molar-refractivity contribution in [2.24, 2.45) is 11.3 Å². The van der Waals surface area contributed by atoms with E-state index >= 15 is 0 Å². The fraction of sp³-hybridized carbons (Fsp3) is 0.385. The molecule has 2 heterocycles. The number of rotatable bonds is 4. The van der Waals surface area contributed by atoms with Crippen molar-refractivity contribution in [3.05, 3.63) is 46.5 Å². The highest BCUT2D eigenvalue weighted by Crippen LogP contribution is 2.40. The second kappa shape index (κ2) is 10.9. The number of anilines is 1. The highest BCUT2D eigenvalue weighted by Gasteiger charge is 2.28. The Labute approximate surface area is 221 Å². The number of halogens is 2. The fourth-order valence-electron chi connectivity index (χ4n) is 4.58. The van der Waals surface area contributed by atoms with Crippen LogP contribution >= 0.6 is 24.0 Å². The van der Waals surface area contributed by atoms with Crippen molar-refractivity contribution in [1.82, 2.24) is 15.1 Å². The van der Waals surface area contributed by atoms with Gasteiger partial charge in [0.1, 0.15) is 0 Å². The van der Waals surface area contributed by atoms with Crippen molar-refractivity contribution in [2.45, 2.75) is 40.0 Å². The van der Waals surface area contributed by atoms with Gasteiger partial charge >= 0.3 is 6.09 Å². The molecule has 0 aliphatic carbocycles. The monoisotopic (exact) mass is 529 g/mol. The normalized spacial score (nSPS) is 15.7. The molecule has 1 aliphatic rings. The number of carbonyl (C=O) groups is 2. The van der Waals surface area contributed by atoms with Crippen LogP contribution in [0.3, 0.4) is 0 Å². The molecule has 3 N–H and O–H groups in total. The number of fused-ring (bicyclic) bond motifs is 1. The van der Waals surface area contributed by atoms with Crippen LogP contribution in [0, 0.1) is 22.7 Å². The molecule has 1 aromatic heterocycles. The molecule has 1 saturated heterocycles. The van der Waals surface area contributed by atoms with Crippen LogP contribution in [0.4, 0.5) is 10.6 Å². The summed E-state index contributed by atoms with van der Waals surface area (Å²) >= 11 is 6.56. The third-order valence-electron chi connectivity index (χ3n) is 6.14. The molecule has 8 nitrogen and oxygen atoms in total. The molecule has 1 atom stereocenters. The summed E-state index contributed by atoms with van der Waals surface area (Å²) in [4.78, 5) is 25.1. The van der Waals surface area contributed by atoms with Crippen LogP contribution < -0.4 is 10.6 Å². The van der Waals surface area contributed by atoms with E-state index in [2.05, 4.69) is 42.6 Å². The predicted molar refractivity (Wildman–Crippen MR) is 143 cm³/mol. The highest BCUT2D eigenvalue weighted by molar-refractivity contribution is 6.33. The van der Waals surface area contributed by atoms with E-state index in [0.717, 1.165) is 35.2 Å². The minimum Gasteiger partial charge on any atom is -0.463 e. The SMILES string of the molecule is CC(C)(C)Cc1c(-c2cc(C#N)ccc2Cl)ccc2c1c(NC(=O)[C@@H]1CCCNC1)nn2C(=O)O.Cl. The maximum atomic E-state index is 13.1. The van der Waals surface area contributed by atoms with Crippen LogP contribution in [0.2, 0.25) is 5.02 Å². The van der Waals surface area contributed by atoms with E-state index in [9.17, 15) is 20.0 Å². The van der Waals surface area contributed by atoms with Gasteiger partial charge in [-0.2, -0.15) is 9.94 Å². The maximum Gasteiger partial charge on any atom is 0.432 e. The Morgan fingerprint density at radius 1 is 1.28 bits per heavy atom. The summed E-state index contributed by atoms with van der Waals surface area (Å²) in [5, 5.41) is 30.7. The second-order valence-corrected chi connectivity index (χ2v) is 10.5. The van der Waals surface area contributed by atoms with Gasteiger partial charge in [0.25, 0.3) is 0 Å². The van der Waals surface area contributed by atoms with Crippen LogP contribution in [0.15, 0.2) is 30.3 Å². The molecular formula is C26H29Cl2N5O3. The number of hydrogen-bond acceptors (Lipinski definition) is 5. The number of nitrogens with one attached hydrogen (secondary N) is 2. The molecular weight excluding hydrogens is 501 g/mol. The molecule has 4 rings (SSSR count). The Morgan fingerprint density at radius 3 is 2.64 bits per heavy atom. The van der Waals surface area contributed by atoms with Gasteiger partial charge in [-0.3, -0.25) is 4.79 Å². The lowest BCUT2D eigenvalue weighted by Crippen LogP contribution is -2.37. The van der Waals surface area contributed by atoms with Crippen LogP contribution in [-0.4, -0.2) is 40.0 Å². The highest BCUT2D eigenvalue weighted by atomic mass is 35.5. The lowest BCUT2D eigenvalue weighted by atomic mass is 9.83. The molecule has 3 aromatic rings. The number of hydrogen-bond donors (Lipinski definition) is 3. The molecule has 1 fully saturated rings. The Kier molecular flexibility index (Phi) is 8.29. The quantitative estimate of drug-likeness (QED) is 0.398. The van der Waals surface area contributed by atoms with Gasteiger partial charge in [0, 0.05) is 22.5 Å². The zero-order valence-electron chi connectivity index (χ0n) is 20.4. The first-order valence-corrected chi connectivity index (χ1v) is 12.0. The molecule has 190 valence electrons. The van der Waals surface area contributed by atoms with Gasteiger partial charge < -0.3 is 15.7 Å². The smallest absolute Gasteiger partial charge is 0.432 e. The summed E-state index contributed by atoms with van der Waals surface area (Å²) < 4.78 is 0.896. The van der Waals surface area contributed by atoms with Gasteiger partial charge in [-0.25, -0.2) is 4.79 Å².